The van der Waals surface area contributed by atoms with Crippen LogP contribution in [0.2, 0.25) is 10.0 Å². The summed E-state index contributed by atoms with van der Waals surface area (Å²) in [5.41, 5.74) is 0.954. The zero-order valence-electron chi connectivity index (χ0n) is 7.44. The minimum absolute atomic E-state index is 0.0598. The molecule has 1 rings (SSSR count). The minimum Gasteiger partial charge on any atom is -0.505 e. The lowest BCUT2D eigenvalue weighted by molar-refractivity contribution is 0.475. The van der Waals surface area contributed by atoms with Crippen LogP contribution >= 0.6 is 23.2 Å². The van der Waals surface area contributed by atoms with Gasteiger partial charge in [-0.25, -0.2) is 0 Å². The monoisotopic (exact) mass is 219 g/mol. The predicted octanol–water partition coefficient (Wildman–Crippen LogP) is 2.98. The van der Waals surface area contributed by atoms with Crippen molar-refractivity contribution in [1.29, 1.82) is 0 Å². The molecule has 0 aromatic heterocycles. The van der Waals surface area contributed by atoms with Crippen LogP contribution in [0.4, 0.5) is 0 Å². The number of rotatable bonds is 2. The van der Waals surface area contributed by atoms with Gasteiger partial charge in [0.25, 0.3) is 0 Å². The average Bonchev–Trinajstić information content (AvgIpc) is 2.12. The van der Waals surface area contributed by atoms with E-state index in [1.54, 1.807) is 12.1 Å². The fourth-order valence-electron chi connectivity index (χ4n) is 1.00. The van der Waals surface area contributed by atoms with E-state index in [-0.39, 0.29) is 21.8 Å². The van der Waals surface area contributed by atoms with E-state index < -0.39 is 0 Å². The van der Waals surface area contributed by atoms with Gasteiger partial charge in [0.1, 0.15) is 0 Å². The van der Waals surface area contributed by atoms with Gasteiger partial charge >= 0.3 is 0 Å². The predicted molar refractivity (Wildman–Crippen MR) is 55.6 cm³/mol. The van der Waals surface area contributed by atoms with E-state index in [0.29, 0.717) is 0 Å². The molecule has 0 spiro atoms. The van der Waals surface area contributed by atoms with E-state index in [2.05, 4.69) is 5.32 Å². The maximum absolute atomic E-state index is 9.30. The van der Waals surface area contributed by atoms with Crippen LogP contribution in [0, 0.1) is 0 Å². The van der Waals surface area contributed by atoms with Gasteiger partial charge in [-0.1, -0.05) is 23.2 Å². The molecule has 0 saturated heterocycles. The first-order chi connectivity index (χ1) is 6.06. The Kier molecular flexibility index (Phi) is 3.42. The van der Waals surface area contributed by atoms with E-state index in [0.717, 1.165) is 5.56 Å². The molecule has 0 aliphatic carbocycles. The molecule has 0 amide bonds. The van der Waals surface area contributed by atoms with Crippen molar-refractivity contribution >= 4 is 23.2 Å². The Morgan fingerprint density at radius 1 is 1.31 bits per heavy atom. The number of halogens is 2. The van der Waals surface area contributed by atoms with Crippen molar-refractivity contribution in [2.45, 2.75) is 13.0 Å². The van der Waals surface area contributed by atoms with Crippen LogP contribution in [0.1, 0.15) is 18.5 Å². The van der Waals surface area contributed by atoms with Gasteiger partial charge in [-0.15, -0.1) is 0 Å². The summed E-state index contributed by atoms with van der Waals surface area (Å²) in [6, 6.07) is 3.56. The molecule has 0 aliphatic rings. The Morgan fingerprint density at radius 2 is 1.77 bits per heavy atom. The highest BCUT2D eigenvalue weighted by molar-refractivity contribution is 6.37. The molecule has 0 heterocycles. The average molecular weight is 220 g/mol. The van der Waals surface area contributed by atoms with Crippen molar-refractivity contribution in [3.63, 3.8) is 0 Å². The molecule has 13 heavy (non-hydrogen) atoms. The van der Waals surface area contributed by atoms with Gasteiger partial charge in [-0.05, 0) is 31.7 Å². The molecule has 1 aromatic rings. The zero-order chi connectivity index (χ0) is 10.0. The Hall–Kier alpha value is -0.440. The molecule has 1 aromatic carbocycles. The number of phenolic OH excluding ortho intramolecular Hbond substituents is 1. The van der Waals surface area contributed by atoms with Crippen molar-refractivity contribution in [2.24, 2.45) is 0 Å². The quantitative estimate of drug-likeness (QED) is 0.802. The topological polar surface area (TPSA) is 32.3 Å². The molecule has 0 fully saturated rings. The number of aromatic hydroxyl groups is 1. The van der Waals surface area contributed by atoms with E-state index >= 15 is 0 Å². The van der Waals surface area contributed by atoms with Gasteiger partial charge in [0.2, 0.25) is 0 Å². The van der Waals surface area contributed by atoms with E-state index in [1.807, 2.05) is 14.0 Å². The lowest BCUT2D eigenvalue weighted by Gasteiger charge is -2.12. The van der Waals surface area contributed by atoms with Gasteiger partial charge in [0, 0.05) is 6.04 Å². The summed E-state index contributed by atoms with van der Waals surface area (Å²) in [6.07, 6.45) is 0. The second-order valence-corrected chi connectivity index (χ2v) is 3.66. The smallest absolute Gasteiger partial charge is 0.152 e. The third-order valence-corrected chi connectivity index (χ3v) is 2.55. The molecule has 0 unspecified atom stereocenters. The van der Waals surface area contributed by atoms with Crippen LogP contribution in [0.15, 0.2) is 12.1 Å². The molecule has 4 heteroatoms. The highest BCUT2D eigenvalue weighted by Crippen LogP contribution is 2.34. The Morgan fingerprint density at radius 3 is 2.15 bits per heavy atom. The molecular formula is C9H11Cl2NO. The lowest BCUT2D eigenvalue weighted by atomic mass is 10.1. The summed E-state index contributed by atoms with van der Waals surface area (Å²) in [6.45, 7) is 1.99. The minimum atomic E-state index is -0.0598. The van der Waals surface area contributed by atoms with Gasteiger partial charge in [0.15, 0.2) is 5.75 Å². The number of hydrogen-bond acceptors (Lipinski definition) is 2. The maximum Gasteiger partial charge on any atom is 0.152 e. The summed E-state index contributed by atoms with van der Waals surface area (Å²) in [7, 11) is 1.85. The van der Waals surface area contributed by atoms with E-state index in [4.69, 9.17) is 23.2 Å². The molecular weight excluding hydrogens is 209 g/mol. The van der Waals surface area contributed by atoms with Crippen molar-refractivity contribution in [3.05, 3.63) is 27.7 Å². The lowest BCUT2D eigenvalue weighted by Crippen LogP contribution is -2.12. The molecule has 0 radical (unpaired) electrons. The molecule has 0 saturated carbocycles. The number of nitrogens with one attached hydrogen (secondary N) is 1. The highest BCUT2D eigenvalue weighted by atomic mass is 35.5. The highest BCUT2D eigenvalue weighted by Gasteiger charge is 2.09. The molecule has 0 aliphatic heterocycles. The van der Waals surface area contributed by atoms with Crippen molar-refractivity contribution in [2.75, 3.05) is 7.05 Å². The van der Waals surface area contributed by atoms with Crippen molar-refractivity contribution < 1.29 is 5.11 Å². The Labute approximate surface area is 87.5 Å². The summed E-state index contributed by atoms with van der Waals surface area (Å²) in [5, 5.41) is 12.9. The standard InChI is InChI=1S/C9H11Cl2NO/c1-5(12-2)6-3-7(10)9(13)8(11)4-6/h3-5,12-13H,1-2H3/t5-/m0/s1. The second kappa shape index (κ2) is 4.18. The third kappa shape index (κ3) is 2.27. The summed E-state index contributed by atoms with van der Waals surface area (Å²) < 4.78 is 0. The molecule has 1 atom stereocenters. The van der Waals surface area contributed by atoms with Crippen molar-refractivity contribution in [3.8, 4) is 5.75 Å². The third-order valence-electron chi connectivity index (χ3n) is 1.97. The van der Waals surface area contributed by atoms with Gasteiger partial charge in [-0.3, -0.25) is 0 Å². The SMILES string of the molecule is CN[C@@H](C)c1cc(Cl)c(O)c(Cl)c1. The summed E-state index contributed by atoms with van der Waals surface area (Å²) in [4.78, 5) is 0. The molecule has 2 N–H and O–H groups in total. The maximum atomic E-state index is 9.30. The summed E-state index contributed by atoms with van der Waals surface area (Å²) in [5.74, 6) is -0.0598. The Balaban J connectivity index is 3.13. The second-order valence-electron chi connectivity index (χ2n) is 2.84. The number of phenols is 1. The molecule has 72 valence electrons. The van der Waals surface area contributed by atoms with E-state index in [1.165, 1.54) is 0 Å². The Bertz CT molecular complexity index is 291. The van der Waals surface area contributed by atoms with Crippen LogP contribution in [0.5, 0.6) is 5.75 Å². The summed E-state index contributed by atoms with van der Waals surface area (Å²) >= 11 is 11.5. The number of benzene rings is 1. The van der Waals surface area contributed by atoms with E-state index in [9.17, 15) is 5.11 Å². The largest absolute Gasteiger partial charge is 0.505 e. The van der Waals surface area contributed by atoms with Gasteiger partial charge in [0.05, 0.1) is 10.0 Å². The molecule has 2 nitrogen and oxygen atoms in total. The normalized spacial score (nSPS) is 12.9. The van der Waals surface area contributed by atoms with Gasteiger partial charge < -0.3 is 10.4 Å². The number of hydrogen-bond donors (Lipinski definition) is 2. The van der Waals surface area contributed by atoms with Crippen LogP contribution in [-0.4, -0.2) is 12.2 Å². The van der Waals surface area contributed by atoms with Crippen LogP contribution < -0.4 is 5.32 Å². The van der Waals surface area contributed by atoms with Crippen LogP contribution in [0.25, 0.3) is 0 Å². The fraction of sp³-hybridized carbons (Fsp3) is 0.333. The molecule has 0 bridgehead atoms. The van der Waals surface area contributed by atoms with Crippen LogP contribution in [0.3, 0.4) is 0 Å². The van der Waals surface area contributed by atoms with Gasteiger partial charge in [-0.2, -0.15) is 0 Å². The first kappa shape index (κ1) is 10.6. The first-order valence-corrected chi connectivity index (χ1v) is 4.67. The van der Waals surface area contributed by atoms with Crippen LogP contribution in [-0.2, 0) is 0 Å². The first-order valence-electron chi connectivity index (χ1n) is 3.91. The van der Waals surface area contributed by atoms with Crippen molar-refractivity contribution in [1.82, 2.24) is 5.32 Å². The zero-order valence-corrected chi connectivity index (χ0v) is 8.95. The fourth-order valence-corrected chi connectivity index (χ4v) is 1.51.